The highest BCUT2D eigenvalue weighted by Crippen LogP contribution is 2.32. The second-order valence-corrected chi connectivity index (χ2v) is 7.19. The number of H-pyrrole nitrogens is 1. The summed E-state index contributed by atoms with van der Waals surface area (Å²) < 4.78 is 38.8. The largest absolute Gasteiger partial charge is 0.416 e. The summed E-state index contributed by atoms with van der Waals surface area (Å²) in [5, 5.41) is 4.10. The number of rotatable bonds is 3. The maximum Gasteiger partial charge on any atom is 0.416 e. The molecule has 1 aromatic heterocycles. The van der Waals surface area contributed by atoms with Gasteiger partial charge in [-0.05, 0) is 36.4 Å². The van der Waals surface area contributed by atoms with Crippen LogP contribution < -0.4 is 20.8 Å². The van der Waals surface area contributed by atoms with Crippen LogP contribution in [0.2, 0.25) is 0 Å². The number of nitrogens with one attached hydrogen (secondary N) is 2. The van der Waals surface area contributed by atoms with Gasteiger partial charge in [0.1, 0.15) is 5.82 Å². The standard InChI is InChI=1S/C20H12F3N3O2S/c21-20(22,23)13-5-3-6-14(10-13)24-17-16(29-19(28)26-17)9-12-8-11-4-1-2-7-15(11)25-18(12)27/h1-10,24H,(H,26,28). The summed E-state index contributed by atoms with van der Waals surface area (Å²) in [6, 6.07) is 11.7. The average molecular weight is 415 g/mol. The highest BCUT2D eigenvalue weighted by Gasteiger charge is 2.30. The Morgan fingerprint density at radius 3 is 2.66 bits per heavy atom. The number of amides is 1. The number of hydrogen-bond acceptors (Lipinski definition) is 4. The number of carbonyl (C=O) groups is 1. The van der Waals surface area contributed by atoms with Crippen molar-refractivity contribution in [1.82, 2.24) is 4.98 Å². The van der Waals surface area contributed by atoms with Gasteiger partial charge < -0.3 is 5.32 Å². The molecule has 3 aromatic rings. The molecule has 0 saturated carbocycles. The Hall–Kier alpha value is -3.46. The van der Waals surface area contributed by atoms with E-state index in [-0.39, 0.29) is 17.1 Å². The Morgan fingerprint density at radius 1 is 1.07 bits per heavy atom. The van der Waals surface area contributed by atoms with E-state index in [1.165, 1.54) is 18.2 Å². The first-order valence-electron chi connectivity index (χ1n) is 8.38. The topological polar surface area (TPSA) is 74.3 Å². The number of fused-ring (bicyclic) bond motifs is 1. The Bertz CT molecular complexity index is 1320. The fraction of sp³-hybridized carbons (Fsp3) is 0.0500. The average Bonchev–Trinajstić information content (AvgIpc) is 3.00. The van der Waals surface area contributed by atoms with Gasteiger partial charge in [-0.3, -0.25) is 14.6 Å². The number of aromatic nitrogens is 1. The van der Waals surface area contributed by atoms with Crippen molar-refractivity contribution < 1.29 is 18.0 Å². The number of para-hydroxylation sites is 1. The van der Waals surface area contributed by atoms with E-state index in [1.807, 2.05) is 6.07 Å². The van der Waals surface area contributed by atoms with Crippen LogP contribution in [0.1, 0.15) is 10.4 Å². The van der Waals surface area contributed by atoms with Crippen LogP contribution in [0.5, 0.6) is 0 Å². The van der Waals surface area contributed by atoms with Crippen LogP contribution in [0.25, 0.3) is 12.2 Å². The number of carbonyl (C=O) groups excluding carboxylic acids is 1. The first kappa shape index (κ1) is 18.9. The van der Waals surface area contributed by atoms with Crippen LogP contribution in [-0.4, -0.2) is 10.9 Å². The lowest BCUT2D eigenvalue weighted by atomic mass is 10.1. The summed E-state index contributed by atoms with van der Waals surface area (Å²) in [5.41, 5.74) is -0.389. The second kappa shape index (κ2) is 7.17. The first-order chi connectivity index (χ1) is 13.8. The van der Waals surface area contributed by atoms with Crippen molar-refractivity contribution in [3.05, 3.63) is 84.8 Å². The molecule has 2 heterocycles. The molecule has 2 N–H and O–H groups in total. The molecule has 5 nitrogen and oxygen atoms in total. The molecule has 0 fully saturated rings. The lowest BCUT2D eigenvalue weighted by molar-refractivity contribution is -0.137. The lowest BCUT2D eigenvalue weighted by Gasteiger charge is -2.10. The van der Waals surface area contributed by atoms with E-state index in [0.717, 1.165) is 28.7 Å². The van der Waals surface area contributed by atoms with Crippen LogP contribution in [0.3, 0.4) is 0 Å². The third-order valence-corrected chi connectivity index (χ3v) is 4.97. The van der Waals surface area contributed by atoms with Gasteiger partial charge in [0, 0.05) is 16.5 Å². The summed E-state index contributed by atoms with van der Waals surface area (Å²) in [6.45, 7) is 0. The molecule has 0 saturated heterocycles. The van der Waals surface area contributed by atoms with Crippen LogP contribution in [-0.2, 0) is 11.0 Å². The van der Waals surface area contributed by atoms with Gasteiger partial charge in [-0.2, -0.15) is 13.2 Å². The number of benzene rings is 2. The number of anilines is 2. The molecular weight excluding hydrogens is 403 g/mol. The molecule has 1 amide bonds. The van der Waals surface area contributed by atoms with Gasteiger partial charge in [0.2, 0.25) is 0 Å². The van der Waals surface area contributed by atoms with Gasteiger partial charge in [0.05, 0.1) is 15.8 Å². The van der Waals surface area contributed by atoms with Gasteiger partial charge in [0.15, 0.2) is 0 Å². The molecule has 29 heavy (non-hydrogen) atoms. The molecule has 0 unspecified atom stereocenters. The second-order valence-electron chi connectivity index (χ2n) is 6.18. The molecule has 2 aromatic carbocycles. The minimum Gasteiger partial charge on any atom is -0.341 e. The number of aromatic amines is 1. The molecule has 9 heteroatoms. The summed E-state index contributed by atoms with van der Waals surface area (Å²) >= 11 is 0.834. The molecule has 0 atom stereocenters. The molecular formula is C20H12F3N3O2S. The van der Waals surface area contributed by atoms with Gasteiger partial charge in [-0.15, -0.1) is 0 Å². The lowest BCUT2D eigenvalue weighted by Crippen LogP contribution is -2.29. The van der Waals surface area contributed by atoms with E-state index >= 15 is 0 Å². The van der Waals surface area contributed by atoms with E-state index in [4.69, 9.17) is 0 Å². The van der Waals surface area contributed by atoms with Crippen LogP contribution in [0.15, 0.2) is 63.9 Å². The molecule has 0 bridgehead atoms. The van der Waals surface area contributed by atoms with Crippen molar-refractivity contribution in [2.24, 2.45) is 4.99 Å². The zero-order chi connectivity index (χ0) is 20.6. The van der Waals surface area contributed by atoms with Crippen molar-refractivity contribution in [2.75, 3.05) is 5.32 Å². The Labute approximate surface area is 165 Å². The highest BCUT2D eigenvalue weighted by atomic mass is 32.1. The van der Waals surface area contributed by atoms with Crippen molar-refractivity contribution in [3.8, 4) is 0 Å². The fourth-order valence-electron chi connectivity index (χ4n) is 2.81. The first-order valence-corrected chi connectivity index (χ1v) is 9.20. The van der Waals surface area contributed by atoms with Gasteiger partial charge in [0.25, 0.3) is 5.91 Å². The Kier molecular flexibility index (Phi) is 4.67. The number of halogens is 3. The van der Waals surface area contributed by atoms with E-state index < -0.39 is 22.5 Å². The summed E-state index contributed by atoms with van der Waals surface area (Å²) in [6.07, 6.45) is -1.34. The fourth-order valence-corrected chi connectivity index (χ4v) is 3.55. The van der Waals surface area contributed by atoms with Gasteiger partial charge in [-0.25, -0.2) is 4.99 Å². The van der Waals surface area contributed by atoms with E-state index in [0.29, 0.717) is 10.2 Å². The molecule has 0 radical (unpaired) electrons. The molecule has 4 rings (SSSR count). The number of nitrogens with zero attached hydrogens (tertiary/aromatic N) is 1. The monoisotopic (exact) mass is 415 g/mol. The minimum atomic E-state index is -4.48. The third kappa shape index (κ3) is 4.04. The SMILES string of the molecule is O=C1N=c2ccccc2=CC1=Cc1sc(=O)[nH]c1Nc1cccc(C(F)(F)F)c1. The Morgan fingerprint density at radius 2 is 1.86 bits per heavy atom. The molecule has 1 aliphatic heterocycles. The highest BCUT2D eigenvalue weighted by molar-refractivity contribution is 7.10. The summed E-state index contributed by atoms with van der Waals surface area (Å²) in [4.78, 5) is 30.7. The van der Waals surface area contributed by atoms with E-state index in [2.05, 4.69) is 15.3 Å². The smallest absolute Gasteiger partial charge is 0.341 e. The predicted octanol–water partition coefficient (Wildman–Crippen LogP) is 3.22. The molecule has 146 valence electrons. The van der Waals surface area contributed by atoms with Crippen molar-refractivity contribution in [3.63, 3.8) is 0 Å². The van der Waals surface area contributed by atoms with Crippen LogP contribution in [0, 0.1) is 0 Å². The van der Waals surface area contributed by atoms with Crippen LogP contribution in [0.4, 0.5) is 24.7 Å². The van der Waals surface area contributed by atoms with E-state index in [1.54, 1.807) is 24.3 Å². The van der Waals surface area contributed by atoms with Gasteiger partial charge >= 0.3 is 11.0 Å². The zero-order valence-corrected chi connectivity index (χ0v) is 15.4. The third-order valence-electron chi connectivity index (χ3n) is 4.14. The maximum absolute atomic E-state index is 12.9. The van der Waals surface area contributed by atoms with Gasteiger partial charge in [-0.1, -0.05) is 35.6 Å². The summed E-state index contributed by atoms with van der Waals surface area (Å²) in [7, 11) is 0. The summed E-state index contributed by atoms with van der Waals surface area (Å²) in [5.74, 6) is -0.263. The predicted molar refractivity (Wildman–Crippen MR) is 104 cm³/mol. The number of hydrogen-bond donors (Lipinski definition) is 2. The number of thiazole rings is 1. The quantitative estimate of drug-likeness (QED) is 0.645. The van der Waals surface area contributed by atoms with E-state index in [9.17, 15) is 22.8 Å². The van der Waals surface area contributed by atoms with Crippen molar-refractivity contribution in [2.45, 2.75) is 6.18 Å². The molecule has 1 aliphatic rings. The zero-order valence-electron chi connectivity index (χ0n) is 14.6. The molecule has 0 spiro atoms. The van der Waals surface area contributed by atoms with Crippen LogP contribution >= 0.6 is 11.3 Å². The normalized spacial score (nSPS) is 14.9. The van der Waals surface area contributed by atoms with Crippen molar-refractivity contribution >= 4 is 40.9 Å². The maximum atomic E-state index is 12.9. The molecule has 0 aliphatic carbocycles. The Balaban J connectivity index is 1.72. The minimum absolute atomic E-state index is 0.155. The van der Waals surface area contributed by atoms with Crippen molar-refractivity contribution in [1.29, 1.82) is 0 Å². The number of alkyl halides is 3.